The van der Waals surface area contributed by atoms with E-state index in [4.69, 9.17) is 6.42 Å². The van der Waals surface area contributed by atoms with Crippen LogP contribution in [0.15, 0.2) is 12.1 Å². The van der Waals surface area contributed by atoms with Crippen molar-refractivity contribution in [2.24, 2.45) is 0 Å². The SMILES string of the molecule is C#CC(NCCC)c1cc(F)c(F)c(F)c1. The van der Waals surface area contributed by atoms with Crippen molar-refractivity contribution in [2.45, 2.75) is 19.4 Å². The zero-order valence-electron chi connectivity index (χ0n) is 8.86. The molecule has 1 aromatic carbocycles. The molecule has 1 nitrogen and oxygen atoms in total. The van der Waals surface area contributed by atoms with Crippen LogP contribution in [0.4, 0.5) is 13.2 Å². The molecule has 0 aromatic heterocycles. The van der Waals surface area contributed by atoms with Crippen LogP contribution in [0.25, 0.3) is 0 Å². The van der Waals surface area contributed by atoms with Gasteiger partial charge in [-0.3, -0.25) is 0 Å². The second-order valence-electron chi connectivity index (χ2n) is 3.35. The molecule has 0 radical (unpaired) electrons. The molecule has 1 N–H and O–H groups in total. The lowest BCUT2D eigenvalue weighted by atomic mass is 10.1. The minimum Gasteiger partial charge on any atom is -0.300 e. The van der Waals surface area contributed by atoms with Gasteiger partial charge in [-0.05, 0) is 30.7 Å². The molecular weight excluding hydrogens is 215 g/mol. The molecule has 4 heteroatoms. The number of nitrogens with one attached hydrogen (secondary N) is 1. The predicted octanol–water partition coefficient (Wildman–Crippen LogP) is 2.78. The van der Waals surface area contributed by atoms with E-state index in [1.807, 2.05) is 6.92 Å². The maximum atomic E-state index is 12.9. The highest BCUT2D eigenvalue weighted by Crippen LogP contribution is 2.18. The zero-order chi connectivity index (χ0) is 12.1. The Morgan fingerprint density at radius 1 is 1.31 bits per heavy atom. The monoisotopic (exact) mass is 227 g/mol. The van der Waals surface area contributed by atoms with Gasteiger partial charge in [-0.25, -0.2) is 13.2 Å². The summed E-state index contributed by atoms with van der Waals surface area (Å²) in [6, 6.07) is 1.21. The van der Waals surface area contributed by atoms with Crippen LogP contribution in [0.3, 0.4) is 0 Å². The molecule has 1 rings (SSSR count). The molecule has 0 amide bonds. The maximum Gasteiger partial charge on any atom is 0.194 e. The average molecular weight is 227 g/mol. The van der Waals surface area contributed by atoms with Gasteiger partial charge in [-0.15, -0.1) is 6.42 Å². The Morgan fingerprint density at radius 3 is 2.31 bits per heavy atom. The first-order valence-corrected chi connectivity index (χ1v) is 4.94. The molecule has 1 unspecified atom stereocenters. The molecule has 0 bridgehead atoms. The van der Waals surface area contributed by atoms with Crippen LogP contribution in [0, 0.1) is 29.8 Å². The standard InChI is InChI=1S/C12H12F3N/c1-3-5-16-11(4-2)8-6-9(13)12(15)10(14)7-8/h2,6-7,11,16H,3,5H2,1H3. The second kappa shape index (κ2) is 5.57. The van der Waals surface area contributed by atoms with Gasteiger partial charge < -0.3 is 5.32 Å². The summed E-state index contributed by atoms with van der Waals surface area (Å²) >= 11 is 0. The summed E-state index contributed by atoms with van der Waals surface area (Å²) in [5.41, 5.74) is 0.215. The van der Waals surface area contributed by atoms with E-state index < -0.39 is 23.5 Å². The van der Waals surface area contributed by atoms with Gasteiger partial charge in [0.25, 0.3) is 0 Å². The molecule has 0 aliphatic heterocycles. The van der Waals surface area contributed by atoms with E-state index in [9.17, 15) is 13.2 Å². The third-order valence-corrected chi connectivity index (χ3v) is 2.10. The molecule has 1 aromatic rings. The molecule has 86 valence electrons. The summed E-state index contributed by atoms with van der Waals surface area (Å²) in [5.74, 6) is -1.57. The summed E-state index contributed by atoms with van der Waals surface area (Å²) < 4.78 is 38.6. The number of benzene rings is 1. The summed E-state index contributed by atoms with van der Waals surface area (Å²) in [7, 11) is 0. The molecule has 0 saturated heterocycles. The fourth-order valence-electron chi connectivity index (χ4n) is 1.30. The first-order chi connectivity index (χ1) is 7.60. The lowest BCUT2D eigenvalue weighted by molar-refractivity contribution is 0.443. The van der Waals surface area contributed by atoms with Crippen molar-refractivity contribution in [3.8, 4) is 12.3 Å². The van der Waals surface area contributed by atoms with Gasteiger partial charge in [0.1, 0.15) is 0 Å². The molecule has 0 aliphatic rings. The van der Waals surface area contributed by atoms with Crippen molar-refractivity contribution >= 4 is 0 Å². The Kier molecular flexibility index (Phi) is 4.39. The molecule has 0 heterocycles. The second-order valence-corrected chi connectivity index (χ2v) is 3.35. The fourth-order valence-corrected chi connectivity index (χ4v) is 1.30. The van der Waals surface area contributed by atoms with E-state index in [0.717, 1.165) is 18.6 Å². The Labute approximate surface area is 92.7 Å². The number of halogens is 3. The van der Waals surface area contributed by atoms with E-state index in [0.29, 0.717) is 6.54 Å². The van der Waals surface area contributed by atoms with Gasteiger partial charge in [0, 0.05) is 0 Å². The topological polar surface area (TPSA) is 12.0 Å². The van der Waals surface area contributed by atoms with Crippen LogP contribution >= 0.6 is 0 Å². The number of terminal acetylenes is 1. The highest BCUT2D eigenvalue weighted by atomic mass is 19.2. The number of rotatable bonds is 4. The van der Waals surface area contributed by atoms with Crippen molar-refractivity contribution in [3.05, 3.63) is 35.1 Å². The summed E-state index contributed by atoms with van der Waals surface area (Å²) in [4.78, 5) is 0. The summed E-state index contributed by atoms with van der Waals surface area (Å²) in [6.07, 6.45) is 6.07. The number of hydrogen-bond acceptors (Lipinski definition) is 1. The third-order valence-electron chi connectivity index (χ3n) is 2.10. The van der Waals surface area contributed by atoms with E-state index in [-0.39, 0.29) is 5.56 Å². The largest absolute Gasteiger partial charge is 0.300 e. The first-order valence-electron chi connectivity index (χ1n) is 4.94. The van der Waals surface area contributed by atoms with Crippen LogP contribution in [-0.2, 0) is 0 Å². The summed E-state index contributed by atoms with van der Waals surface area (Å²) in [5, 5.41) is 2.92. The van der Waals surface area contributed by atoms with Crippen molar-refractivity contribution in [1.29, 1.82) is 0 Å². The minimum atomic E-state index is -1.48. The third kappa shape index (κ3) is 2.77. The smallest absolute Gasteiger partial charge is 0.194 e. The Bertz CT molecular complexity index is 386. The van der Waals surface area contributed by atoms with Crippen molar-refractivity contribution in [1.82, 2.24) is 5.32 Å². The molecular formula is C12H12F3N. The number of hydrogen-bond donors (Lipinski definition) is 1. The van der Waals surface area contributed by atoms with Crippen LogP contribution in [0.1, 0.15) is 24.9 Å². The Hall–Kier alpha value is -1.47. The zero-order valence-corrected chi connectivity index (χ0v) is 8.86. The average Bonchev–Trinajstić information content (AvgIpc) is 2.26. The van der Waals surface area contributed by atoms with E-state index in [1.165, 1.54) is 0 Å². The van der Waals surface area contributed by atoms with Gasteiger partial charge in [0.15, 0.2) is 17.5 Å². The molecule has 0 saturated carbocycles. The van der Waals surface area contributed by atoms with Gasteiger partial charge >= 0.3 is 0 Å². The fraction of sp³-hybridized carbons (Fsp3) is 0.333. The Balaban J connectivity index is 2.98. The normalized spacial score (nSPS) is 12.2. The first kappa shape index (κ1) is 12.6. The van der Waals surface area contributed by atoms with Gasteiger partial charge in [0.05, 0.1) is 6.04 Å². The minimum absolute atomic E-state index is 0.215. The molecule has 16 heavy (non-hydrogen) atoms. The highest BCUT2D eigenvalue weighted by molar-refractivity contribution is 5.27. The van der Waals surface area contributed by atoms with Crippen LogP contribution in [0.5, 0.6) is 0 Å². The lowest BCUT2D eigenvalue weighted by Gasteiger charge is -2.13. The predicted molar refractivity (Wildman–Crippen MR) is 56.2 cm³/mol. The molecule has 0 spiro atoms. The van der Waals surface area contributed by atoms with Crippen LogP contribution in [0.2, 0.25) is 0 Å². The van der Waals surface area contributed by atoms with E-state index >= 15 is 0 Å². The molecule has 0 aliphatic carbocycles. The lowest BCUT2D eigenvalue weighted by Crippen LogP contribution is -2.21. The molecule has 1 atom stereocenters. The van der Waals surface area contributed by atoms with Crippen molar-refractivity contribution in [3.63, 3.8) is 0 Å². The van der Waals surface area contributed by atoms with Gasteiger partial charge in [0.2, 0.25) is 0 Å². The van der Waals surface area contributed by atoms with Crippen molar-refractivity contribution in [2.75, 3.05) is 6.54 Å². The van der Waals surface area contributed by atoms with Crippen LogP contribution < -0.4 is 5.32 Å². The summed E-state index contributed by atoms with van der Waals surface area (Å²) in [6.45, 7) is 2.56. The van der Waals surface area contributed by atoms with E-state index in [2.05, 4.69) is 11.2 Å². The maximum absolute atomic E-state index is 12.9. The van der Waals surface area contributed by atoms with Crippen LogP contribution in [-0.4, -0.2) is 6.54 Å². The molecule has 0 fully saturated rings. The van der Waals surface area contributed by atoms with Crippen molar-refractivity contribution < 1.29 is 13.2 Å². The van der Waals surface area contributed by atoms with Gasteiger partial charge in [-0.2, -0.15) is 0 Å². The van der Waals surface area contributed by atoms with E-state index in [1.54, 1.807) is 0 Å². The Morgan fingerprint density at radius 2 is 1.88 bits per heavy atom. The van der Waals surface area contributed by atoms with Gasteiger partial charge in [-0.1, -0.05) is 12.8 Å². The quantitative estimate of drug-likeness (QED) is 0.616. The highest BCUT2D eigenvalue weighted by Gasteiger charge is 2.15.